The van der Waals surface area contributed by atoms with E-state index in [-0.39, 0.29) is 19.5 Å². The molecule has 0 aromatic rings. The van der Waals surface area contributed by atoms with Crippen LogP contribution in [0.2, 0.25) is 0 Å². The minimum atomic E-state index is 0. The van der Waals surface area contributed by atoms with Gasteiger partial charge in [0, 0.05) is 45.7 Å². The maximum atomic E-state index is 5.03. The summed E-state index contributed by atoms with van der Waals surface area (Å²) in [7, 11) is 0. The van der Waals surface area contributed by atoms with E-state index in [1.165, 1.54) is 51.4 Å². The van der Waals surface area contributed by atoms with E-state index in [4.69, 9.17) is 24.4 Å². The molecule has 0 atom stereocenters. The Morgan fingerprint density at radius 2 is 0.800 bits per heavy atom. The molecule has 0 saturated carbocycles. The van der Waals surface area contributed by atoms with E-state index in [0.29, 0.717) is 0 Å². The second-order valence-corrected chi connectivity index (χ2v) is 8.18. The summed E-state index contributed by atoms with van der Waals surface area (Å²) in [5.41, 5.74) is 0. The number of thiocarbonyl (C=S) groups is 2. The summed E-state index contributed by atoms with van der Waals surface area (Å²) in [6.07, 6.45) is 9.74. The number of thiol groups is 2. The minimum absolute atomic E-state index is 0. The molecule has 0 aliphatic rings. The predicted octanol–water partition coefficient (Wildman–Crippen LogP) is 6.20. The Labute approximate surface area is 191 Å². The predicted molar refractivity (Wildman–Crippen MR) is 126 cm³/mol. The van der Waals surface area contributed by atoms with Crippen LogP contribution in [0.4, 0.5) is 0 Å². The number of nitrogens with zero attached hydrogens (tertiary/aromatic N) is 2. The molecule has 0 N–H and O–H groups in total. The van der Waals surface area contributed by atoms with Crippen molar-refractivity contribution in [2.75, 3.05) is 26.2 Å². The molecular formula is C18H38N2S4Zn. The largest absolute Gasteiger partial charge is 0.358 e. The van der Waals surface area contributed by atoms with Crippen molar-refractivity contribution in [1.82, 2.24) is 9.80 Å². The molecule has 0 fully saturated rings. The van der Waals surface area contributed by atoms with Crippen molar-refractivity contribution in [3.05, 3.63) is 0 Å². The Morgan fingerprint density at radius 3 is 0.920 bits per heavy atom. The monoisotopic (exact) mass is 474 g/mol. The third kappa shape index (κ3) is 21.3. The first-order valence-electron chi connectivity index (χ1n) is 9.40. The van der Waals surface area contributed by atoms with E-state index in [0.717, 1.165) is 34.8 Å². The van der Waals surface area contributed by atoms with Gasteiger partial charge in [-0.3, -0.25) is 0 Å². The van der Waals surface area contributed by atoms with Crippen molar-refractivity contribution in [2.45, 2.75) is 79.1 Å². The third-order valence-corrected chi connectivity index (χ3v) is 4.75. The second-order valence-electron chi connectivity index (χ2n) is 5.95. The van der Waals surface area contributed by atoms with E-state index < -0.39 is 0 Å². The number of hydrogen-bond donors (Lipinski definition) is 2. The van der Waals surface area contributed by atoms with Gasteiger partial charge in [-0.1, -0.05) is 77.8 Å². The molecule has 25 heavy (non-hydrogen) atoms. The molecule has 0 heterocycles. The molecule has 0 rings (SSSR count). The molecule has 7 heteroatoms. The molecule has 0 bridgehead atoms. The van der Waals surface area contributed by atoms with Gasteiger partial charge >= 0.3 is 0 Å². The van der Waals surface area contributed by atoms with Crippen molar-refractivity contribution in [3.8, 4) is 0 Å². The van der Waals surface area contributed by atoms with Crippen LogP contribution in [0.25, 0.3) is 0 Å². The zero-order valence-corrected chi connectivity index (χ0v) is 23.2. The summed E-state index contributed by atoms with van der Waals surface area (Å²) in [5.74, 6) is 0. The van der Waals surface area contributed by atoms with Crippen LogP contribution in [0.3, 0.4) is 0 Å². The van der Waals surface area contributed by atoms with Crippen LogP contribution in [0.15, 0.2) is 0 Å². The van der Waals surface area contributed by atoms with E-state index >= 15 is 0 Å². The molecular weight excluding hydrogens is 438 g/mol. The molecule has 146 valence electrons. The number of rotatable bonds is 12. The standard InChI is InChI=1S/2C9H19NS2.Zn/c2*1-3-5-7-10(9(11)12)8-6-4-2;/h2*3-8H2,1-2H3,(H,11,12);. The second kappa shape index (κ2) is 23.1. The Kier molecular flexibility index (Phi) is 28.5. The fourth-order valence-electron chi connectivity index (χ4n) is 2.00. The van der Waals surface area contributed by atoms with Crippen molar-refractivity contribution in [2.24, 2.45) is 0 Å². The van der Waals surface area contributed by atoms with Gasteiger partial charge in [0.2, 0.25) is 0 Å². The normalized spacial score (nSPS) is 9.52. The van der Waals surface area contributed by atoms with Crippen molar-refractivity contribution in [3.63, 3.8) is 0 Å². The quantitative estimate of drug-likeness (QED) is 0.197. The maximum absolute atomic E-state index is 5.03. The van der Waals surface area contributed by atoms with Crippen LogP contribution in [-0.2, 0) is 19.5 Å². The summed E-state index contributed by atoms with van der Waals surface area (Å²) in [6, 6.07) is 0. The zero-order chi connectivity index (χ0) is 18.8. The van der Waals surface area contributed by atoms with Crippen LogP contribution in [-0.4, -0.2) is 44.6 Å². The Balaban J connectivity index is -0.000000372. The first-order chi connectivity index (χ1) is 11.4. The minimum Gasteiger partial charge on any atom is -0.358 e. The molecule has 0 unspecified atom stereocenters. The van der Waals surface area contributed by atoms with Gasteiger partial charge in [-0.25, -0.2) is 0 Å². The van der Waals surface area contributed by atoms with E-state index in [2.05, 4.69) is 62.8 Å². The Bertz CT molecular complexity index is 271. The maximum Gasteiger partial charge on any atom is 0.133 e. The summed E-state index contributed by atoms with van der Waals surface area (Å²) in [6.45, 7) is 13.0. The van der Waals surface area contributed by atoms with Crippen LogP contribution < -0.4 is 0 Å². The molecule has 0 aromatic carbocycles. The van der Waals surface area contributed by atoms with Crippen LogP contribution in [0.5, 0.6) is 0 Å². The number of hydrogen-bond acceptors (Lipinski definition) is 2. The van der Waals surface area contributed by atoms with Crippen LogP contribution >= 0.6 is 49.7 Å². The molecule has 0 aromatic heterocycles. The van der Waals surface area contributed by atoms with Gasteiger partial charge in [0.15, 0.2) is 0 Å². The average Bonchev–Trinajstić information content (AvgIpc) is 2.55. The summed E-state index contributed by atoms with van der Waals surface area (Å²) < 4.78 is 1.49. The van der Waals surface area contributed by atoms with E-state index in [1.54, 1.807) is 0 Å². The number of unbranched alkanes of at least 4 members (excludes halogenated alkanes) is 4. The molecule has 0 radical (unpaired) electrons. The molecule has 0 amide bonds. The van der Waals surface area contributed by atoms with Gasteiger partial charge < -0.3 is 9.80 Å². The summed E-state index contributed by atoms with van der Waals surface area (Å²) in [5, 5.41) is 0. The molecule has 0 aliphatic carbocycles. The third-order valence-electron chi connectivity index (χ3n) is 3.67. The summed E-state index contributed by atoms with van der Waals surface area (Å²) >= 11 is 18.5. The van der Waals surface area contributed by atoms with Crippen LogP contribution in [0.1, 0.15) is 79.1 Å². The van der Waals surface area contributed by atoms with Crippen molar-refractivity contribution in [1.29, 1.82) is 0 Å². The SMILES string of the molecule is CCCCN(CCCC)C(=S)S.CCCCN(CCCC)C(=S)S.[Zn]. The first-order valence-corrected chi connectivity index (χ1v) is 11.1. The Hall–Kier alpha value is 1.10. The zero-order valence-electron chi connectivity index (χ0n) is 16.8. The van der Waals surface area contributed by atoms with Crippen molar-refractivity contribution < 1.29 is 19.5 Å². The summed E-state index contributed by atoms with van der Waals surface area (Å²) in [4.78, 5) is 4.37. The van der Waals surface area contributed by atoms with E-state index in [9.17, 15) is 0 Å². The van der Waals surface area contributed by atoms with Gasteiger partial charge in [0.1, 0.15) is 8.64 Å². The average molecular weight is 476 g/mol. The van der Waals surface area contributed by atoms with Gasteiger partial charge in [-0.2, -0.15) is 0 Å². The van der Waals surface area contributed by atoms with Gasteiger partial charge in [0.25, 0.3) is 0 Å². The van der Waals surface area contributed by atoms with Gasteiger partial charge in [-0.05, 0) is 25.7 Å². The smallest absolute Gasteiger partial charge is 0.133 e. The Morgan fingerprint density at radius 1 is 0.600 bits per heavy atom. The van der Waals surface area contributed by atoms with E-state index in [1.807, 2.05) is 0 Å². The fraction of sp³-hybridized carbons (Fsp3) is 0.889. The fourth-order valence-corrected chi connectivity index (χ4v) is 2.77. The molecule has 0 spiro atoms. The van der Waals surface area contributed by atoms with Gasteiger partial charge in [0.05, 0.1) is 0 Å². The molecule has 0 saturated heterocycles. The van der Waals surface area contributed by atoms with Crippen molar-refractivity contribution >= 4 is 58.3 Å². The topological polar surface area (TPSA) is 6.48 Å². The molecule has 2 nitrogen and oxygen atoms in total. The molecule has 0 aliphatic heterocycles. The van der Waals surface area contributed by atoms with Gasteiger partial charge in [-0.15, -0.1) is 25.3 Å². The van der Waals surface area contributed by atoms with Crippen LogP contribution in [0, 0.1) is 0 Å². The first kappa shape index (κ1) is 30.8.